The van der Waals surface area contributed by atoms with Crippen molar-refractivity contribution in [3.63, 3.8) is 0 Å². The van der Waals surface area contributed by atoms with Gasteiger partial charge in [0.2, 0.25) is 6.79 Å². The first-order valence-corrected chi connectivity index (χ1v) is 6.57. The van der Waals surface area contributed by atoms with Crippen LogP contribution in [0.3, 0.4) is 0 Å². The molecule has 0 aliphatic carbocycles. The van der Waals surface area contributed by atoms with Crippen LogP contribution in [-0.2, 0) is 0 Å². The Hall–Kier alpha value is -0.980. The molecule has 16 heavy (non-hydrogen) atoms. The van der Waals surface area contributed by atoms with Crippen molar-refractivity contribution >= 4 is 28.5 Å². The van der Waals surface area contributed by atoms with Crippen molar-refractivity contribution in [2.45, 2.75) is 6.42 Å². The Labute approximate surface area is 107 Å². The summed E-state index contributed by atoms with van der Waals surface area (Å²) >= 11 is 2.28. The number of fused-ring (bicyclic) bond motifs is 1. The number of ether oxygens (including phenoxy) is 2. The van der Waals surface area contributed by atoms with Crippen LogP contribution in [0.2, 0.25) is 0 Å². The summed E-state index contributed by atoms with van der Waals surface area (Å²) in [4.78, 5) is 11.7. The number of amides is 1. The minimum Gasteiger partial charge on any atom is -0.454 e. The van der Waals surface area contributed by atoms with Crippen molar-refractivity contribution in [2.75, 3.05) is 17.8 Å². The van der Waals surface area contributed by atoms with E-state index in [0.29, 0.717) is 23.6 Å². The van der Waals surface area contributed by atoms with E-state index in [1.807, 2.05) is 0 Å². The average molecular weight is 333 g/mol. The summed E-state index contributed by atoms with van der Waals surface area (Å²) in [7, 11) is 0. The third-order valence-corrected chi connectivity index (χ3v) is 2.99. The SMILES string of the molecule is O=C(NCCCI)c1ccc2c(c1)OCO2. The summed E-state index contributed by atoms with van der Waals surface area (Å²) in [6.45, 7) is 0.936. The van der Waals surface area contributed by atoms with E-state index in [4.69, 9.17) is 9.47 Å². The highest BCUT2D eigenvalue weighted by Crippen LogP contribution is 2.32. The lowest BCUT2D eigenvalue weighted by Crippen LogP contribution is -2.24. The summed E-state index contributed by atoms with van der Waals surface area (Å²) in [5.41, 5.74) is 0.609. The molecule has 0 fully saturated rings. The number of hydrogen-bond donors (Lipinski definition) is 1. The van der Waals surface area contributed by atoms with Gasteiger partial charge < -0.3 is 14.8 Å². The minimum atomic E-state index is -0.0665. The second-order valence-corrected chi connectivity index (χ2v) is 4.45. The van der Waals surface area contributed by atoms with Crippen LogP contribution in [0.4, 0.5) is 0 Å². The van der Waals surface area contributed by atoms with Gasteiger partial charge in [-0.15, -0.1) is 0 Å². The molecule has 0 radical (unpaired) electrons. The molecule has 0 saturated heterocycles. The number of nitrogens with one attached hydrogen (secondary N) is 1. The molecule has 1 aliphatic heterocycles. The predicted octanol–water partition coefficient (Wildman–Crippen LogP) is 1.97. The maximum absolute atomic E-state index is 11.7. The molecule has 0 spiro atoms. The molecule has 0 unspecified atom stereocenters. The molecule has 1 aliphatic rings. The van der Waals surface area contributed by atoms with Crippen molar-refractivity contribution in [2.24, 2.45) is 0 Å². The maximum Gasteiger partial charge on any atom is 0.251 e. The quantitative estimate of drug-likeness (QED) is 0.521. The van der Waals surface area contributed by atoms with E-state index < -0.39 is 0 Å². The van der Waals surface area contributed by atoms with Crippen LogP contribution in [0, 0.1) is 0 Å². The van der Waals surface area contributed by atoms with Crippen LogP contribution >= 0.6 is 22.6 Å². The number of carbonyl (C=O) groups is 1. The van der Waals surface area contributed by atoms with Gasteiger partial charge in [0.25, 0.3) is 5.91 Å². The summed E-state index contributed by atoms with van der Waals surface area (Å²) < 4.78 is 11.4. The molecule has 0 atom stereocenters. The van der Waals surface area contributed by atoms with Gasteiger partial charge in [-0.25, -0.2) is 0 Å². The number of alkyl halides is 1. The van der Waals surface area contributed by atoms with Crippen LogP contribution in [0.25, 0.3) is 0 Å². The van der Waals surface area contributed by atoms with Gasteiger partial charge in [-0.1, -0.05) is 22.6 Å². The molecule has 2 rings (SSSR count). The smallest absolute Gasteiger partial charge is 0.251 e. The highest BCUT2D eigenvalue weighted by Gasteiger charge is 2.15. The van der Waals surface area contributed by atoms with Crippen molar-refractivity contribution in [1.82, 2.24) is 5.32 Å². The normalized spacial score (nSPS) is 12.6. The van der Waals surface area contributed by atoms with E-state index in [1.165, 1.54) is 0 Å². The largest absolute Gasteiger partial charge is 0.454 e. The predicted molar refractivity (Wildman–Crippen MR) is 68.4 cm³/mol. The zero-order valence-corrected chi connectivity index (χ0v) is 10.8. The van der Waals surface area contributed by atoms with E-state index in [2.05, 4.69) is 27.9 Å². The number of hydrogen-bond acceptors (Lipinski definition) is 3. The van der Waals surface area contributed by atoms with Crippen molar-refractivity contribution in [1.29, 1.82) is 0 Å². The molecule has 4 nitrogen and oxygen atoms in total. The van der Waals surface area contributed by atoms with E-state index >= 15 is 0 Å². The number of benzene rings is 1. The van der Waals surface area contributed by atoms with Gasteiger partial charge >= 0.3 is 0 Å². The van der Waals surface area contributed by atoms with E-state index in [1.54, 1.807) is 18.2 Å². The van der Waals surface area contributed by atoms with Crippen LogP contribution in [-0.4, -0.2) is 23.7 Å². The molecule has 1 heterocycles. The Balaban J connectivity index is 2.01. The molecular formula is C11H12INO3. The molecular weight excluding hydrogens is 321 g/mol. The topological polar surface area (TPSA) is 47.6 Å². The van der Waals surface area contributed by atoms with Crippen LogP contribution < -0.4 is 14.8 Å². The summed E-state index contributed by atoms with van der Waals surface area (Å²) in [6.07, 6.45) is 0.983. The second kappa shape index (κ2) is 5.38. The number of halogens is 1. The average Bonchev–Trinajstić information content (AvgIpc) is 2.76. The first-order valence-electron chi connectivity index (χ1n) is 5.05. The van der Waals surface area contributed by atoms with Gasteiger partial charge in [-0.3, -0.25) is 4.79 Å². The van der Waals surface area contributed by atoms with Gasteiger partial charge in [-0.05, 0) is 24.6 Å². The fraction of sp³-hybridized carbons (Fsp3) is 0.364. The first-order chi connectivity index (χ1) is 7.81. The van der Waals surface area contributed by atoms with Crippen molar-refractivity contribution < 1.29 is 14.3 Å². The third-order valence-electron chi connectivity index (χ3n) is 2.23. The monoisotopic (exact) mass is 333 g/mol. The first kappa shape index (κ1) is 11.5. The van der Waals surface area contributed by atoms with Gasteiger partial charge in [0, 0.05) is 16.5 Å². The molecule has 1 amide bonds. The molecule has 0 saturated carbocycles. The highest BCUT2D eigenvalue weighted by atomic mass is 127. The zero-order chi connectivity index (χ0) is 11.4. The third kappa shape index (κ3) is 2.58. The van der Waals surface area contributed by atoms with Gasteiger partial charge in [-0.2, -0.15) is 0 Å². The Kier molecular flexibility index (Phi) is 3.87. The fourth-order valence-corrected chi connectivity index (χ4v) is 1.79. The van der Waals surface area contributed by atoms with Gasteiger partial charge in [0.1, 0.15) is 0 Å². The molecule has 86 valence electrons. The Morgan fingerprint density at radius 1 is 1.38 bits per heavy atom. The summed E-state index contributed by atoms with van der Waals surface area (Å²) in [5, 5.41) is 2.85. The summed E-state index contributed by atoms with van der Waals surface area (Å²) in [6, 6.07) is 5.21. The van der Waals surface area contributed by atoms with Gasteiger partial charge in [0.15, 0.2) is 11.5 Å². The Morgan fingerprint density at radius 3 is 3.00 bits per heavy atom. The van der Waals surface area contributed by atoms with Crippen LogP contribution in [0.15, 0.2) is 18.2 Å². The van der Waals surface area contributed by atoms with Crippen LogP contribution in [0.5, 0.6) is 11.5 Å². The highest BCUT2D eigenvalue weighted by molar-refractivity contribution is 14.1. The lowest BCUT2D eigenvalue weighted by Gasteiger charge is -2.04. The minimum absolute atomic E-state index is 0.0665. The molecule has 1 aromatic carbocycles. The number of rotatable bonds is 4. The van der Waals surface area contributed by atoms with E-state index in [9.17, 15) is 4.79 Å². The standard InChI is InChI=1S/C11H12INO3/c12-4-1-5-13-11(14)8-2-3-9-10(6-8)16-7-15-9/h2-3,6H,1,4-5,7H2,(H,13,14). The maximum atomic E-state index is 11.7. The van der Waals surface area contributed by atoms with Crippen molar-refractivity contribution in [3.8, 4) is 11.5 Å². The molecule has 1 N–H and O–H groups in total. The molecule has 0 bridgehead atoms. The molecule has 1 aromatic rings. The van der Waals surface area contributed by atoms with Crippen molar-refractivity contribution in [3.05, 3.63) is 23.8 Å². The van der Waals surface area contributed by atoms with E-state index in [0.717, 1.165) is 10.8 Å². The molecule has 0 aromatic heterocycles. The Bertz CT molecular complexity index is 395. The Morgan fingerprint density at radius 2 is 2.19 bits per heavy atom. The van der Waals surface area contributed by atoms with E-state index in [-0.39, 0.29) is 12.7 Å². The zero-order valence-electron chi connectivity index (χ0n) is 8.66. The fourth-order valence-electron chi connectivity index (χ4n) is 1.41. The number of carbonyl (C=O) groups excluding carboxylic acids is 1. The lowest BCUT2D eigenvalue weighted by molar-refractivity contribution is 0.0953. The second-order valence-electron chi connectivity index (χ2n) is 3.37. The van der Waals surface area contributed by atoms with Gasteiger partial charge in [0.05, 0.1) is 0 Å². The lowest BCUT2D eigenvalue weighted by atomic mass is 10.2. The summed E-state index contributed by atoms with van der Waals surface area (Å²) in [5.74, 6) is 1.27. The molecule has 5 heteroatoms. The van der Waals surface area contributed by atoms with Crippen LogP contribution in [0.1, 0.15) is 16.8 Å².